The monoisotopic (exact) mass is 741 g/mol. The predicted octanol–water partition coefficient (Wildman–Crippen LogP) is 3.92. The number of aliphatic imine (C=N–C) groups is 1. The summed E-state index contributed by atoms with van der Waals surface area (Å²) in [6, 6.07) is 15.8. The van der Waals surface area contributed by atoms with Crippen LogP contribution >= 0.6 is 22.6 Å². The molecule has 3 aromatic rings. The maximum absolute atomic E-state index is 14.8. The Morgan fingerprint density at radius 2 is 1.49 bits per heavy atom. The summed E-state index contributed by atoms with van der Waals surface area (Å²) in [4.78, 5) is 3.29. The Hall–Kier alpha value is -2.96. The SMILES string of the molecule is CC[C@@H](CO)NS(=O)(=O)c1ccc(I)c(C2=NCN=N2)c1S(=O)(=O)N(Cc1ccc(OC)cc1)Cc1ccc(OC)cc1. The highest BCUT2D eigenvalue weighted by Gasteiger charge is 2.37. The van der Waals surface area contributed by atoms with Gasteiger partial charge in [-0.25, -0.2) is 26.6 Å². The normalized spacial score (nSPS) is 14.1. The molecule has 0 aromatic heterocycles. The van der Waals surface area contributed by atoms with Gasteiger partial charge in [-0.2, -0.15) is 9.42 Å². The number of azo groups is 1. The van der Waals surface area contributed by atoms with E-state index < -0.39 is 42.5 Å². The van der Waals surface area contributed by atoms with Crippen molar-refractivity contribution in [2.24, 2.45) is 15.2 Å². The Morgan fingerprint density at radius 3 is 1.93 bits per heavy atom. The fourth-order valence-corrected chi connectivity index (χ4v) is 8.93. The van der Waals surface area contributed by atoms with Crippen LogP contribution in [-0.4, -0.2) is 65.6 Å². The van der Waals surface area contributed by atoms with Gasteiger partial charge in [-0.1, -0.05) is 31.2 Å². The Kier molecular flexibility index (Phi) is 10.9. The highest BCUT2D eigenvalue weighted by atomic mass is 127. The van der Waals surface area contributed by atoms with E-state index in [1.807, 2.05) is 22.6 Å². The Balaban J connectivity index is 1.94. The summed E-state index contributed by atoms with van der Waals surface area (Å²) in [6.07, 6.45) is 0.289. The smallest absolute Gasteiger partial charge is 0.245 e. The van der Waals surface area contributed by atoms with Crippen LogP contribution in [0.4, 0.5) is 0 Å². The first kappa shape index (κ1) is 32.9. The number of halogens is 1. The van der Waals surface area contributed by atoms with Gasteiger partial charge in [-0.15, -0.1) is 5.11 Å². The van der Waals surface area contributed by atoms with E-state index in [4.69, 9.17) is 9.47 Å². The summed E-state index contributed by atoms with van der Waals surface area (Å²) in [5.41, 5.74) is 1.34. The lowest BCUT2D eigenvalue weighted by Crippen LogP contribution is -2.39. The fourth-order valence-electron chi connectivity index (χ4n) is 4.33. The van der Waals surface area contributed by atoms with Crippen LogP contribution in [0.2, 0.25) is 0 Å². The van der Waals surface area contributed by atoms with Crippen LogP contribution in [0.5, 0.6) is 11.5 Å². The van der Waals surface area contributed by atoms with Gasteiger partial charge in [-0.05, 0) is 76.5 Å². The van der Waals surface area contributed by atoms with Crippen molar-refractivity contribution in [3.05, 3.63) is 80.9 Å². The van der Waals surface area contributed by atoms with Gasteiger partial charge >= 0.3 is 0 Å². The molecule has 0 amide bonds. The number of aliphatic hydroxyl groups is 1. The number of nitrogens with zero attached hydrogens (tertiary/aromatic N) is 4. The molecule has 0 spiro atoms. The molecule has 15 heteroatoms. The van der Waals surface area contributed by atoms with E-state index in [2.05, 4.69) is 19.9 Å². The lowest BCUT2D eigenvalue weighted by atomic mass is 10.2. The molecule has 2 N–H and O–H groups in total. The lowest BCUT2D eigenvalue weighted by Gasteiger charge is -2.26. The third-order valence-electron chi connectivity index (χ3n) is 6.70. The second-order valence-electron chi connectivity index (χ2n) is 9.49. The summed E-state index contributed by atoms with van der Waals surface area (Å²) in [6.45, 7) is 1.07. The van der Waals surface area contributed by atoms with Crippen LogP contribution < -0.4 is 14.2 Å². The number of sulfonamides is 2. The molecule has 12 nitrogen and oxygen atoms in total. The topological polar surface area (TPSA) is 159 Å². The molecule has 1 heterocycles. The van der Waals surface area contributed by atoms with Crippen molar-refractivity contribution in [3.8, 4) is 11.5 Å². The zero-order valence-electron chi connectivity index (χ0n) is 23.8. The van der Waals surface area contributed by atoms with Crippen LogP contribution in [0.25, 0.3) is 0 Å². The summed E-state index contributed by atoms with van der Waals surface area (Å²) in [7, 11) is -5.95. The fraction of sp³-hybridized carbons (Fsp3) is 0.321. The summed E-state index contributed by atoms with van der Waals surface area (Å²) < 4.78 is 71.7. The van der Waals surface area contributed by atoms with E-state index in [1.54, 1.807) is 55.5 Å². The number of benzene rings is 3. The molecule has 0 unspecified atom stereocenters. The molecule has 0 bridgehead atoms. The van der Waals surface area contributed by atoms with Crippen molar-refractivity contribution in [1.29, 1.82) is 0 Å². The van der Waals surface area contributed by atoms with E-state index in [0.717, 1.165) is 0 Å². The molecule has 1 aliphatic rings. The van der Waals surface area contributed by atoms with Gasteiger partial charge in [0, 0.05) is 22.7 Å². The van der Waals surface area contributed by atoms with Crippen molar-refractivity contribution in [2.45, 2.75) is 42.3 Å². The molecule has 0 fully saturated rings. The van der Waals surface area contributed by atoms with E-state index in [-0.39, 0.29) is 37.6 Å². The number of amidine groups is 1. The van der Waals surface area contributed by atoms with Crippen molar-refractivity contribution >= 4 is 48.5 Å². The molecule has 3 aromatic carbocycles. The van der Waals surface area contributed by atoms with E-state index in [1.165, 1.54) is 30.7 Å². The van der Waals surface area contributed by atoms with E-state index in [0.29, 0.717) is 26.2 Å². The first-order valence-electron chi connectivity index (χ1n) is 13.2. The summed E-state index contributed by atoms with van der Waals surface area (Å²) in [5, 5.41) is 17.6. The molecule has 0 aliphatic carbocycles. The summed E-state index contributed by atoms with van der Waals surface area (Å²) >= 11 is 1.94. The van der Waals surface area contributed by atoms with Crippen molar-refractivity contribution in [3.63, 3.8) is 0 Å². The largest absolute Gasteiger partial charge is 0.497 e. The van der Waals surface area contributed by atoms with Gasteiger partial charge in [0.15, 0.2) is 12.5 Å². The predicted molar refractivity (Wildman–Crippen MR) is 169 cm³/mol. The third-order valence-corrected chi connectivity index (χ3v) is 11.2. The minimum Gasteiger partial charge on any atom is -0.497 e. The van der Waals surface area contributed by atoms with Crippen LogP contribution in [0.3, 0.4) is 0 Å². The number of ether oxygens (including phenoxy) is 2. The number of hydrogen-bond donors (Lipinski definition) is 2. The van der Waals surface area contributed by atoms with E-state index >= 15 is 0 Å². The van der Waals surface area contributed by atoms with Gasteiger partial charge in [0.2, 0.25) is 20.0 Å². The molecule has 43 heavy (non-hydrogen) atoms. The van der Waals surface area contributed by atoms with Gasteiger partial charge in [0.25, 0.3) is 0 Å². The number of hydrogen-bond acceptors (Lipinski definition) is 10. The lowest BCUT2D eigenvalue weighted by molar-refractivity contribution is 0.253. The quantitative estimate of drug-likeness (QED) is 0.237. The number of methoxy groups -OCH3 is 2. The van der Waals surface area contributed by atoms with Crippen LogP contribution in [-0.2, 0) is 33.1 Å². The number of aliphatic hydroxyl groups excluding tert-OH is 1. The Morgan fingerprint density at radius 1 is 0.930 bits per heavy atom. The highest BCUT2D eigenvalue weighted by Crippen LogP contribution is 2.35. The highest BCUT2D eigenvalue weighted by molar-refractivity contribution is 14.1. The van der Waals surface area contributed by atoms with Gasteiger partial charge in [0.05, 0.1) is 26.4 Å². The molecule has 1 aliphatic heterocycles. The number of nitrogens with one attached hydrogen (secondary N) is 1. The van der Waals surface area contributed by atoms with Crippen LogP contribution in [0, 0.1) is 3.57 Å². The van der Waals surface area contributed by atoms with E-state index in [9.17, 15) is 21.9 Å². The Bertz CT molecular complexity index is 1660. The second-order valence-corrected chi connectivity index (χ2v) is 14.2. The Labute approximate surface area is 265 Å². The van der Waals surface area contributed by atoms with Crippen LogP contribution in [0.15, 0.2) is 85.7 Å². The van der Waals surface area contributed by atoms with Crippen molar-refractivity contribution in [2.75, 3.05) is 27.5 Å². The zero-order valence-corrected chi connectivity index (χ0v) is 27.6. The molecule has 1 atom stereocenters. The van der Waals surface area contributed by atoms with Crippen molar-refractivity contribution < 1.29 is 31.4 Å². The van der Waals surface area contributed by atoms with Crippen LogP contribution in [0.1, 0.15) is 30.0 Å². The van der Waals surface area contributed by atoms with Gasteiger partial charge < -0.3 is 14.6 Å². The average Bonchev–Trinajstić information content (AvgIpc) is 3.54. The second kappa shape index (κ2) is 14.2. The first-order chi connectivity index (χ1) is 20.5. The molecule has 0 radical (unpaired) electrons. The molecule has 4 rings (SSSR count). The van der Waals surface area contributed by atoms with Gasteiger partial charge in [-0.3, -0.25) is 0 Å². The number of rotatable bonds is 14. The maximum atomic E-state index is 14.8. The van der Waals surface area contributed by atoms with Crippen molar-refractivity contribution in [1.82, 2.24) is 9.03 Å². The third kappa shape index (κ3) is 7.58. The molecular formula is C28H32IN5O7S2. The average molecular weight is 742 g/mol. The maximum Gasteiger partial charge on any atom is 0.245 e. The standard InChI is InChI=1S/C28H32IN5O7S2/c1-4-21(17-35)33-42(36,37)25-14-13-24(29)26(28-30-18-31-32-28)27(25)43(38,39)34(15-19-5-9-22(40-2)10-6-19)16-20-7-11-23(41-3)12-8-20/h5-14,21,33,35H,4,15-18H2,1-3H3/t21-/m0/s1. The first-order valence-corrected chi connectivity index (χ1v) is 17.2. The minimum atomic E-state index is -4.58. The minimum absolute atomic E-state index is 0.00996. The molecule has 0 saturated heterocycles. The molecule has 230 valence electrons. The van der Waals surface area contributed by atoms with Gasteiger partial charge in [0.1, 0.15) is 21.3 Å². The molecule has 0 saturated carbocycles. The zero-order chi connectivity index (χ0) is 31.2. The summed E-state index contributed by atoms with van der Waals surface area (Å²) in [5.74, 6) is 1.22. The molecular weight excluding hydrogens is 709 g/mol.